The van der Waals surface area contributed by atoms with Gasteiger partial charge in [-0.3, -0.25) is 0 Å². The molecule has 108 valence electrons. The van der Waals surface area contributed by atoms with Crippen LogP contribution >= 0.6 is 15.9 Å². The quantitative estimate of drug-likeness (QED) is 0.843. The van der Waals surface area contributed by atoms with E-state index in [0.717, 1.165) is 29.0 Å². The zero-order valence-corrected chi connectivity index (χ0v) is 13.3. The highest BCUT2D eigenvalue weighted by Crippen LogP contribution is 2.23. The number of nitrogens with one attached hydrogen (secondary N) is 1. The largest absolute Gasteiger partial charge is 0.494 e. The van der Waals surface area contributed by atoms with Gasteiger partial charge in [-0.15, -0.1) is 5.10 Å². The van der Waals surface area contributed by atoms with E-state index >= 15 is 0 Å². The Morgan fingerprint density at radius 2 is 2.10 bits per heavy atom. The van der Waals surface area contributed by atoms with Gasteiger partial charge in [-0.25, -0.2) is 4.68 Å². The first-order valence-corrected chi connectivity index (χ1v) is 7.48. The van der Waals surface area contributed by atoms with Crippen molar-refractivity contribution in [2.75, 3.05) is 13.2 Å². The summed E-state index contributed by atoms with van der Waals surface area (Å²) in [5.74, 6) is 0.893. The van der Waals surface area contributed by atoms with Crippen molar-refractivity contribution in [3.63, 3.8) is 0 Å². The predicted molar refractivity (Wildman–Crippen MR) is 81.7 cm³/mol. The summed E-state index contributed by atoms with van der Waals surface area (Å²) in [5, 5.41) is 11.5. The van der Waals surface area contributed by atoms with Crippen LogP contribution in [0.3, 0.4) is 0 Å². The first-order chi connectivity index (χ1) is 9.72. The fourth-order valence-corrected chi connectivity index (χ4v) is 2.71. The second kappa shape index (κ2) is 7.40. The molecule has 0 saturated carbocycles. The van der Waals surface area contributed by atoms with Crippen LogP contribution in [0.25, 0.3) is 0 Å². The Morgan fingerprint density at radius 3 is 2.70 bits per heavy atom. The van der Waals surface area contributed by atoms with Gasteiger partial charge in [-0.1, -0.05) is 30.3 Å². The van der Waals surface area contributed by atoms with E-state index in [2.05, 4.69) is 38.5 Å². The molecule has 1 heterocycles. The molecule has 1 aromatic heterocycles. The van der Waals surface area contributed by atoms with Crippen LogP contribution in [0.1, 0.15) is 25.1 Å². The van der Waals surface area contributed by atoms with E-state index in [4.69, 9.17) is 4.74 Å². The minimum absolute atomic E-state index is 0.165. The maximum atomic E-state index is 5.76. The molecule has 0 bridgehead atoms. The molecule has 0 fully saturated rings. The van der Waals surface area contributed by atoms with Gasteiger partial charge in [0.05, 0.1) is 18.3 Å². The van der Waals surface area contributed by atoms with Gasteiger partial charge in [0.15, 0.2) is 4.60 Å². The molecule has 2 aromatic rings. The Kier molecular flexibility index (Phi) is 5.55. The van der Waals surface area contributed by atoms with Crippen LogP contribution in [0, 0.1) is 0 Å². The van der Waals surface area contributed by atoms with Crippen molar-refractivity contribution in [3.8, 4) is 5.75 Å². The lowest BCUT2D eigenvalue weighted by atomic mass is 10.1. The van der Waals surface area contributed by atoms with Crippen LogP contribution < -0.4 is 10.1 Å². The third-order valence-corrected chi connectivity index (χ3v) is 3.59. The van der Waals surface area contributed by atoms with Gasteiger partial charge in [-0.05, 0) is 34.6 Å². The van der Waals surface area contributed by atoms with Crippen molar-refractivity contribution >= 4 is 15.9 Å². The van der Waals surface area contributed by atoms with Crippen molar-refractivity contribution in [1.82, 2.24) is 20.3 Å². The van der Waals surface area contributed by atoms with E-state index in [-0.39, 0.29) is 6.04 Å². The van der Waals surface area contributed by atoms with Gasteiger partial charge in [0, 0.05) is 13.5 Å². The first-order valence-electron chi connectivity index (χ1n) is 6.68. The average Bonchev–Trinajstić information content (AvgIpc) is 2.79. The van der Waals surface area contributed by atoms with Gasteiger partial charge < -0.3 is 10.1 Å². The molecule has 0 aliphatic carbocycles. The number of hydrogen-bond acceptors (Lipinski definition) is 4. The molecular weight excluding hydrogens is 320 g/mol. The molecule has 0 aliphatic rings. The molecular formula is C14H19BrN4O. The molecule has 1 atom stereocenters. The lowest BCUT2D eigenvalue weighted by Crippen LogP contribution is -2.25. The summed E-state index contributed by atoms with van der Waals surface area (Å²) >= 11 is 3.45. The number of rotatable bonds is 7. The second-order valence-electron chi connectivity index (χ2n) is 4.45. The SMILES string of the molecule is CCNC(CCOc1ccccc1)c1c(Br)nnn1C. The molecule has 6 heteroatoms. The van der Waals surface area contributed by atoms with Crippen molar-refractivity contribution in [3.05, 3.63) is 40.6 Å². The molecule has 2 rings (SSSR count). The summed E-state index contributed by atoms with van der Waals surface area (Å²) < 4.78 is 8.33. The van der Waals surface area contributed by atoms with Crippen molar-refractivity contribution in [2.24, 2.45) is 7.05 Å². The normalized spacial score (nSPS) is 12.3. The summed E-state index contributed by atoms with van der Waals surface area (Å²) in [4.78, 5) is 0. The zero-order valence-electron chi connectivity index (χ0n) is 11.7. The molecule has 1 N–H and O–H groups in total. The second-order valence-corrected chi connectivity index (χ2v) is 5.20. The highest BCUT2D eigenvalue weighted by atomic mass is 79.9. The van der Waals surface area contributed by atoms with E-state index in [1.165, 1.54) is 0 Å². The molecule has 20 heavy (non-hydrogen) atoms. The maximum Gasteiger partial charge on any atom is 0.153 e. The van der Waals surface area contributed by atoms with Crippen LogP contribution in [-0.2, 0) is 7.05 Å². The summed E-state index contributed by atoms with van der Waals surface area (Å²) in [5.41, 5.74) is 1.04. The lowest BCUT2D eigenvalue weighted by molar-refractivity contribution is 0.284. The summed E-state index contributed by atoms with van der Waals surface area (Å²) in [7, 11) is 1.90. The topological polar surface area (TPSA) is 52.0 Å². The zero-order chi connectivity index (χ0) is 14.4. The number of aryl methyl sites for hydroxylation is 1. The fourth-order valence-electron chi connectivity index (χ4n) is 2.10. The highest BCUT2D eigenvalue weighted by molar-refractivity contribution is 9.10. The van der Waals surface area contributed by atoms with E-state index in [1.54, 1.807) is 4.68 Å². The van der Waals surface area contributed by atoms with Crippen LogP contribution in [0.15, 0.2) is 34.9 Å². The molecule has 0 amide bonds. The van der Waals surface area contributed by atoms with E-state index in [9.17, 15) is 0 Å². The number of nitrogens with zero attached hydrogens (tertiary/aromatic N) is 3. The molecule has 1 unspecified atom stereocenters. The average molecular weight is 339 g/mol. The van der Waals surface area contributed by atoms with Gasteiger partial charge >= 0.3 is 0 Å². The Hall–Kier alpha value is -1.40. The number of para-hydroxylation sites is 1. The van der Waals surface area contributed by atoms with E-state index in [0.29, 0.717) is 6.61 Å². The fraction of sp³-hybridized carbons (Fsp3) is 0.429. The molecule has 0 aliphatic heterocycles. The third-order valence-electron chi connectivity index (χ3n) is 3.03. The van der Waals surface area contributed by atoms with Gasteiger partial charge in [0.1, 0.15) is 5.75 Å². The van der Waals surface area contributed by atoms with Gasteiger partial charge in [-0.2, -0.15) is 0 Å². The van der Waals surface area contributed by atoms with Crippen LogP contribution in [0.2, 0.25) is 0 Å². The summed E-state index contributed by atoms with van der Waals surface area (Å²) in [6, 6.07) is 10.0. The monoisotopic (exact) mass is 338 g/mol. The number of hydrogen-bond donors (Lipinski definition) is 1. The van der Waals surface area contributed by atoms with Gasteiger partial charge in [0.2, 0.25) is 0 Å². The van der Waals surface area contributed by atoms with Crippen molar-refractivity contribution < 1.29 is 4.74 Å². The molecule has 1 aromatic carbocycles. The van der Waals surface area contributed by atoms with Gasteiger partial charge in [0.25, 0.3) is 0 Å². The first kappa shape index (κ1) is 15.0. The smallest absolute Gasteiger partial charge is 0.153 e. The number of benzene rings is 1. The highest BCUT2D eigenvalue weighted by Gasteiger charge is 2.19. The Bertz CT molecular complexity index is 510. The Labute approximate surface area is 127 Å². The van der Waals surface area contributed by atoms with Crippen LogP contribution in [0.4, 0.5) is 0 Å². The summed E-state index contributed by atoms with van der Waals surface area (Å²) in [6.07, 6.45) is 0.850. The number of ether oxygens (including phenoxy) is 1. The Balaban J connectivity index is 1.96. The van der Waals surface area contributed by atoms with Crippen molar-refractivity contribution in [2.45, 2.75) is 19.4 Å². The standard InChI is InChI=1S/C14H19BrN4O/c1-3-16-12(13-14(15)17-18-19(13)2)9-10-20-11-7-5-4-6-8-11/h4-8,12,16H,3,9-10H2,1-2H3. The Morgan fingerprint density at radius 1 is 1.35 bits per heavy atom. The number of aromatic nitrogens is 3. The maximum absolute atomic E-state index is 5.76. The van der Waals surface area contributed by atoms with Crippen LogP contribution in [-0.4, -0.2) is 28.1 Å². The molecule has 5 nitrogen and oxygen atoms in total. The molecule has 0 radical (unpaired) electrons. The lowest BCUT2D eigenvalue weighted by Gasteiger charge is -2.18. The summed E-state index contributed by atoms with van der Waals surface area (Å²) in [6.45, 7) is 3.61. The minimum Gasteiger partial charge on any atom is -0.494 e. The third kappa shape index (κ3) is 3.80. The van der Waals surface area contributed by atoms with Crippen LogP contribution in [0.5, 0.6) is 5.75 Å². The van der Waals surface area contributed by atoms with E-state index in [1.807, 2.05) is 37.4 Å². The van der Waals surface area contributed by atoms with E-state index < -0.39 is 0 Å². The van der Waals surface area contributed by atoms with Crippen molar-refractivity contribution in [1.29, 1.82) is 0 Å². The molecule has 0 spiro atoms. The number of halogens is 1. The minimum atomic E-state index is 0.165. The predicted octanol–water partition coefficient (Wildman–Crippen LogP) is 2.70. The molecule has 0 saturated heterocycles.